The summed E-state index contributed by atoms with van der Waals surface area (Å²) in [4.78, 5) is 46.6. The summed E-state index contributed by atoms with van der Waals surface area (Å²) in [6.45, 7) is 6.68. The SMILES string of the molecule is Cc1ccc(C)c(N2CC=C[C@]34S[C@@]5(C)C=CCN(C)C(=O)[C@H]5[C@H]3C(=O)N(CCO)C4C2=O)c1. The molecule has 180 valence electrons. The molecule has 1 N–H and O–H groups in total. The largest absolute Gasteiger partial charge is 0.395 e. The van der Waals surface area contributed by atoms with E-state index in [1.807, 2.05) is 63.3 Å². The number of amides is 3. The van der Waals surface area contributed by atoms with Gasteiger partial charge < -0.3 is 19.8 Å². The molecular weight excluding hydrogens is 450 g/mol. The number of benzene rings is 1. The third-order valence-electron chi connectivity index (χ3n) is 7.75. The lowest BCUT2D eigenvalue weighted by molar-refractivity contribution is -0.143. The second-order valence-corrected chi connectivity index (χ2v) is 11.8. The summed E-state index contributed by atoms with van der Waals surface area (Å²) < 4.78 is -1.49. The van der Waals surface area contributed by atoms with Crippen molar-refractivity contribution in [2.45, 2.75) is 36.3 Å². The van der Waals surface area contributed by atoms with Crippen molar-refractivity contribution in [2.24, 2.45) is 11.8 Å². The van der Waals surface area contributed by atoms with E-state index >= 15 is 0 Å². The highest BCUT2D eigenvalue weighted by atomic mass is 32.2. The number of β-amino-alcohol motifs (C(OH)–C–C–N with tert-alkyl or cyclic N) is 1. The third kappa shape index (κ3) is 3.11. The number of anilines is 1. The van der Waals surface area contributed by atoms with Crippen LogP contribution in [0.5, 0.6) is 0 Å². The van der Waals surface area contributed by atoms with E-state index in [1.54, 1.807) is 28.6 Å². The van der Waals surface area contributed by atoms with E-state index in [4.69, 9.17) is 0 Å². The predicted octanol–water partition coefficient (Wildman–Crippen LogP) is 1.91. The fraction of sp³-hybridized carbons (Fsp3) is 0.500. The van der Waals surface area contributed by atoms with Crippen molar-refractivity contribution in [3.63, 3.8) is 0 Å². The predicted molar refractivity (Wildman–Crippen MR) is 132 cm³/mol. The van der Waals surface area contributed by atoms with Crippen LogP contribution in [0.3, 0.4) is 0 Å². The number of aliphatic hydroxyl groups is 1. The van der Waals surface area contributed by atoms with E-state index in [0.29, 0.717) is 13.1 Å². The van der Waals surface area contributed by atoms with Gasteiger partial charge in [-0.15, -0.1) is 11.8 Å². The highest BCUT2D eigenvalue weighted by molar-refractivity contribution is 8.02. The molecule has 0 aliphatic carbocycles. The van der Waals surface area contributed by atoms with E-state index in [1.165, 1.54) is 4.90 Å². The molecule has 2 saturated heterocycles. The first-order chi connectivity index (χ1) is 16.1. The molecular formula is C26H31N3O4S. The van der Waals surface area contributed by atoms with Crippen molar-refractivity contribution < 1.29 is 19.5 Å². The Balaban J connectivity index is 1.67. The summed E-state index contributed by atoms with van der Waals surface area (Å²) in [7, 11) is 1.76. The summed E-state index contributed by atoms with van der Waals surface area (Å²) in [5.41, 5.74) is 2.85. The third-order valence-corrected chi connectivity index (χ3v) is 9.55. The van der Waals surface area contributed by atoms with E-state index in [9.17, 15) is 19.5 Å². The molecule has 7 nitrogen and oxygen atoms in total. The average molecular weight is 482 g/mol. The molecule has 1 unspecified atom stereocenters. The lowest BCUT2D eigenvalue weighted by Gasteiger charge is -2.37. The van der Waals surface area contributed by atoms with E-state index < -0.39 is 27.4 Å². The molecule has 0 saturated carbocycles. The number of aryl methyl sites for hydroxylation is 2. The number of carbonyl (C=O) groups is 3. The van der Waals surface area contributed by atoms with Crippen LogP contribution < -0.4 is 4.90 Å². The van der Waals surface area contributed by atoms with Crippen LogP contribution in [0.1, 0.15) is 18.1 Å². The molecule has 1 aromatic carbocycles. The lowest BCUT2D eigenvalue weighted by atomic mass is 9.74. The number of likely N-dealkylation sites (N-methyl/N-ethyl adjacent to an activating group) is 1. The number of likely N-dealkylation sites (tertiary alicyclic amines) is 1. The molecule has 2 fully saturated rings. The van der Waals surface area contributed by atoms with E-state index in [0.717, 1.165) is 16.8 Å². The Bertz CT molecular complexity index is 1130. The van der Waals surface area contributed by atoms with Crippen LogP contribution >= 0.6 is 11.8 Å². The Morgan fingerprint density at radius 3 is 2.50 bits per heavy atom. The smallest absolute Gasteiger partial charge is 0.251 e. The van der Waals surface area contributed by atoms with Gasteiger partial charge in [0, 0.05) is 37.1 Å². The number of hydrogen-bond donors (Lipinski definition) is 1. The highest BCUT2D eigenvalue weighted by Gasteiger charge is 2.73. The Kier molecular flexibility index (Phi) is 5.44. The van der Waals surface area contributed by atoms with Gasteiger partial charge in [-0.2, -0.15) is 0 Å². The minimum Gasteiger partial charge on any atom is -0.395 e. The molecule has 1 aromatic rings. The van der Waals surface area contributed by atoms with Crippen LogP contribution in [0.4, 0.5) is 5.69 Å². The second kappa shape index (κ2) is 7.99. The van der Waals surface area contributed by atoms with Gasteiger partial charge in [-0.3, -0.25) is 14.4 Å². The normalized spacial score (nSPS) is 34.8. The Morgan fingerprint density at radius 2 is 1.76 bits per heavy atom. The molecule has 8 heteroatoms. The quantitative estimate of drug-likeness (QED) is 0.667. The van der Waals surface area contributed by atoms with Gasteiger partial charge in [0.15, 0.2) is 0 Å². The number of fused-ring (bicyclic) bond motifs is 2. The molecule has 0 aromatic heterocycles. The van der Waals surface area contributed by atoms with Crippen LogP contribution in [0, 0.1) is 25.7 Å². The molecule has 4 aliphatic rings. The first-order valence-corrected chi connectivity index (χ1v) is 12.6. The summed E-state index contributed by atoms with van der Waals surface area (Å²) >= 11 is 1.56. The maximum atomic E-state index is 14.3. The maximum Gasteiger partial charge on any atom is 0.251 e. The summed E-state index contributed by atoms with van der Waals surface area (Å²) in [5, 5.41) is 9.81. The van der Waals surface area contributed by atoms with Crippen LogP contribution in [0.2, 0.25) is 0 Å². The van der Waals surface area contributed by atoms with Crippen molar-refractivity contribution in [3.8, 4) is 0 Å². The maximum absolute atomic E-state index is 14.3. The number of thioether (sulfide) groups is 1. The number of hydrogen-bond acceptors (Lipinski definition) is 5. The van der Waals surface area contributed by atoms with Crippen molar-refractivity contribution >= 4 is 35.2 Å². The van der Waals surface area contributed by atoms with Gasteiger partial charge in [-0.05, 0) is 38.0 Å². The average Bonchev–Trinajstić information content (AvgIpc) is 3.05. The Morgan fingerprint density at radius 1 is 1.03 bits per heavy atom. The lowest BCUT2D eigenvalue weighted by Crippen LogP contribution is -2.54. The van der Waals surface area contributed by atoms with E-state index in [-0.39, 0.29) is 30.9 Å². The molecule has 5 rings (SSSR count). The van der Waals surface area contributed by atoms with Gasteiger partial charge in [-0.1, -0.05) is 36.4 Å². The monoisotopic (exact) mass is 481 g/mol. The molecule has 0 radical (unpaired) electrons. The molecule has 5 atom stereocenters. The van der Waals surface area contributed by atoms with Gasteiger partial charge in [0.1, 0.15) is 6.04 Å². The van der Waals surface area contributed by atoms with Gasteiger partial charge in [0.2, 0.25) is 11.8 Å². The van der Waals surface area contributed by atoms with Crippen molar-refractivity contribution in [1.29, 1.82) is 0 Å². The van der Waals surface area contributed by atoms with Gasteiger partial charge in [-0.25, -0.2) is 0 Å². The van der Waals surface area contributed by atoms with Crippen molar-refractivity contribution in [2.75, 3.05) is 38.2 Å². The van der Waals surface area contributed by atoms with Crippen LogP contribution in [-0.2, 0) is 14.4 Å². The van der Waals surface area contributed by atoms with Crippen molar-refractivity contribution in [1.82, 2.24) is 9.80 Å². The summed E-state index contributed by atoms with van der Waals surface area (Å²) in [6, 6.07) is 5.22. The highest BCUT2D eigenvalue weighted by Crippen LogP contribution is 2.65. The number of carbonyl (C=O) groups excluding carboxylic acids is 3. The molecule has 4 heterocycles. The zero-order valence-corrected chi connectivity index (χ0v) is 20.8. The molecule has 1 spiro atoms. The minimum absolute atomic E-state index is 0.0613. The minimum atomic E-state index is -0.882. The zero-order valence-electron chi connectivity index (χ0n) is 20.0. The molecule has 34 heavy (non-hydrogen) atoms. The number of aliphatic hydroxyl groups excluding tert-OH is 1. The van der Waals surface area contributed by atoms with Crippen LogP contribution in [0.25, 0.3) is 0 Å². The molecule has 3 amide bonds. The summed E-state index contributed by atoms with van der Waals surface area (Å²) in [6.07, 6.45) is 8.01. The van der Waals surface area contributed by atoms with Crippen LogP contribution in [0.15, 0.2) is 42.5 Å². The molecule has 0 bridgehead atoms. The zero-order chi connectivity index (χ0) is 24.4. The van der Waals surface area contributed by atoms with E-state index in [2.05, 4.69) is 0 Å². The fourth-order valence-corrected chi connectivity index (χ4v) is 8.37. The second-order valence-electron chi connectivity index (χ2n) is 10.0. The Hall–Kier alpha value is -2.58. The fourth-order valence-electron chi connectivity index (χ4n) is 6.22. The van der Waals surface area contributed by atoms with Gasteiger partial charge >= 0.3 is 0 Å². The standard InChI is InChI=1S/C26H31N3O4S/c1-16-7-8-17(2)18(15-16)28-12-6-10-26-20(23(32)29(13-14-30)21(26)24(28)33)19-22(31)27(4)11-5-9-25(19,3)34-26/h5-10,15,19-21,30H,11-14H2,1-4H3/t19-,20+,21?,25+,26+/m1/s1. The number of nitrogens with zero attached hydrogens (tertiary/aromatic N) is 3. The number of rotatable bonds is 3. The first kappa shape index (κ1) is 23.2. The summed E-state index contributed by atoms with van der Waals surface area (Å²) in [5.74, 6) is -1.71. The first-order valence-electron chi connectivity index (χ1n) is 11.7. The van der Waals surface area contributed by atoms with Gasteiger partial charge in [0.05, 0.1) is 23.2 Å². The molecule has 4 aliphatic heterocycles. The van der Waals surface area contributed by atoms with Gasteiger partial charge in [0.25, 0.3) is 5.91 Å². The topological polar surface area (TPSA) is 81.2 Å². The Labute approximate surface area is 204 Å². The van der Waals surface area contributed by atoms with Crippen LogP contribution in [-0.4, -0.2) is 81.5 Å². The van der Waals surface area contributed by atoms with Crippen molar-refractivity contribution in [3.05, 3.63) is 53.6 Å².